The molecule has 1 rings (SSSR count). The number of hydrogen-bond donors (Lipinski definition) is 2. The summed E-state index contributed by atoms with van der Waals surface area (Å²) in [7, 11) is 0. The number of hydrogen-bond acceptors (Lipinski definition) is 4. The standard InChI is InChI=1S/C11H16Cl2N4O/c1-3-15-9(18)6-17(4-2)11-8(13)5-7(12)10(14)16-11/h5H,3-4,6H2,1-2H3,(H2,14,16)(H,15,18). The summed E-state index contributed by atoms with van der Waals surface area (Å²) in [5, 5.41) is 3.40. The van der Waals surface area contributed by atoms with Gasteiger partial charge in [-0.2, -0.15) is 0 Å². The van der Waals surface area contributed by atoms with E-state index in [1.165, 1.54) is 6.07 Å². The summed E-state index contributed by atoms with van der Waals surface area (Å²) >= 11 is 11.9. The van der Waals surface area contributed by atoms with Gasteiger partial charge in [-0.15, -0.1) is 0 Å². The molecule has 0 saturated carbocycles. The number of halogens is 2. The molecule has 0 unspecified atom stereocenters. The Morgan fingerprint density at radius 2 is 2.11 bits per heavy atom. The van der Waals surface area contributed by atoms with Gasteiger partial charge in [-0.05, 0) is 19.9 Å². The molecule has 1 aromatic heterocycles. The molecular formula is C11H16Cl2N4O. The van der Waals surface area contributed by atoms with Gasteiger partial charge in [0.1, 0.15) is 11.6 Å². The van der Waals surface area contributed by atoms with Crippen LogP contribution in [0.1, 0.15) is 13.8 Å². The molecule has 0 aliphatic carbocycles. The van der Waals surface area contributed by atoms with Crippen molar-refractivity contribution in [3.05, 3.63) is 16.1 Å². The van der Waals surface area contributed by atoms with E-state index in [-0.39, 0.29) is 18.3 Å². The zero-order chi connectivity index (χ0) is 13.7. The minimum absolute atomic E-state index is 0.0919. The predicted octanol–water partition coefficient (Wildman–Crippen LogP) is 1.93. The van der Waals surface area contributed by atoms with E-state index in [9.17, 15) is 4.79 Å². The van der Waals surface area contributed by atoms with Crippen molar-refractivity contribution in [3.8, 4) is 0 Å². The molecule has 1 aromatic rings. The van der Waals surface area contributed by atoms with Gasteiger partial charge in [0, 0.05) is 13.1 Å². The number of likely N-dealkylation sites (N-methyl/N-ethyl adjacent to an activating group) is 2. The summed E-state index contributed by atoms with van der Waals surface area (Å²) in [5.74, 6) is 0.573. The number of nitrogen functional groups attached to an aromatic ring is 1. The zero-order valence-electron chi connectivity index (χ0n) is 10.3. The van der Waals surface area contributed by atoms with Gasteiger partial charge in [0.15, 0.2) is 0 Å². The molecule has 100 valence electrons. The molecule has 0 saturated heterocycles. The first-order valence-corrected chi connectivity index (χ1v) is 6.38. The summed E-state index contributed by atoms with van der Waals surface area (Å²) in [6, 6.07) is 1.53. The third kappa shape index (κ3) is 3.65. The third-order valence-electron chi connectivity index (χ3n) is 2.33. The van der Waals surface area contributed by atoms with Crippen molar-refractivity contribution in [3.63, 3.8) is 0 Å². The average molecular weight is 291 g/mol. The Morgan fingerprint density at radius 1 is 1.44 bits per heavy atom. The van der Waals surface area contributed by atoms with Crippen LogP contribution in [0.2, 0.25) is 10.0 Å². The highest BCUT2D eigenvalue weighted by molar-refractivity contribution is 6.37. The van der Waals surface area contributed by atoms with Crippen molar-refractivity contribution >= 4 is 40.7 Å². The molecular weight excluding hydrogens is 275 g/mol. The highest BCUT2D eigenvalue weighted by atomic mass is 35.5. The maximum absolute atomic E-state index is 11.6. The molecule has 0 aliphatic heterocycles. The maximum Gasteiger partial charge on any atom is 0.239 e. The molecule has 1 heterocycles. The normalized spacial score (nSPS) is 10.2. The molecule has 3 N–H and O–H groups in total. The Labute approximate surface area is 116 Å². The van der Waals surface area contributed by atoms with E-state index in [1.54, 1.807) is 4.90 Å². The number of nitrogens with one attached hydrogen (secondary N) is 1. The number of rotatable bonds is 5. The number of amides is 1. The fourth-order valence-electron chi connectivity index (χ4n) is 1.46. The SMILES string of the molecule is CCNC(=O)CN(CC)c1nc(N)c(Cl)cc1Cl. The first-order valence-electron chi connectivity index (χ1n) is 5.62. The highest BCUT2D eigenvalue weighted by Gasteiger charge is 2.15. The number of pyridine rings is 1. The summed E-state index contributed by atoms with van der Waals surface area (Å²) in [6.45, 7) is 5.12. The summed E-state index contributed by atoms with van der Waals surface area (Å²) in [5.41, 5.74) is 5.64. The second-order valence-corrected chi connectivity index (χ2v) is 4.44. The number of carbonyl (C=O) groups is 1. The number of nitrogens with two attached hydrogens (primary N) is 1. The number of aromatic nitrogens is 1. The molecule has 0 spiro atoms. The van der Waals surface area contributed by atoms with Crippen LogP contribution in [-0.4, -0.2) is 30.5 Å². The van der Waals surface area contributed by atoms with Crippen molar-refractivity contribution in [2.45, 2.75) is 13.8 Å². The van der Waals surface area contributed by atoms with Crippen molar-refractivity contribution in [2.75, 3.05) is 30.3 Å². The van der Waals surface area contributed by atoms with Crippen LogP contribution in [0.4, 0.5) is 11.6 Å². The van der Waals surface area contributed by atoms with Crippen LogP contribution in [0.15, 0.2) is 6.07 Å². The zero-order valence-corrected chi connectivity index (χ0v) is 11.8. The molecule has 5 nitrogen and oxygen atoms in total. The van der Waals surface area contributed by atoms with Gasteiger partial charge in [-0.3, -0.25) is 4.79 Å². The van der Waals surface area contributed by atoms with Crippen LogP contribution in [-0.2, 0) is 4.79 Å². The van der Waals surface area contributed by atoms with E-state index in [2.05, 4.69) is 10.3 Å². The topological polar surface area (TPSA) is 71.2 Å². The Kier molecular flexibility index (Phi) is 5.50. The fraction of sp³-hybridized carbons (Fsp3) is 0.455. The van der Waals surface area contributed by atoms with Crippen LogP contribution in [0.5, 0.6) is 0 Å². The lowest BCUT2D eigenvalue weighted by molar-refractivity contribution is -0.119. The van der Waals surface area contributed by atoms with E-state index >= 15 is 0 Å². The Bertz CT molecular complexity index is 439. The lowest BCUT2D eigenvalue weighted by atomic mass is 10.3. The fourth-order valence-corrected chi connectivity index (χ4v) is 1.93. The lowest BCUT2D eigenvalue weighted by Gasteiger charge is -2.22. The van der Waals surface area contributed by atoms with E-state index < -0.39 is 0 Å². The smallest absolute Gasteiger partial charge is 0.239 e. The maximum atomic E-state index is 11.6. The minimum atomic E-state index is -0.0919. The van der Waals surface area contributed by atoms with Crippen molar-refractivity contribution in [1.82, 2.24) is 10.3 Å². The molecule has 0 bridgehead atoms. The Hall–Kier alpha value is -1.20. The van der Waals surface area contributed by atoms with Crippen molar-refractivity contribution in [2.24, 2.45) is 0 Å². The Morgan fingerprint density at radius 3 is 2.67 bits per heavy atom. The predicted molar refractivity (Wildman–Crippen MR) is 75.2 cm³/mol. The summed E-state index contributed by atoms with van der Waals surface area (Å²) in [6.07, 6.45) is 0. The first-order chi connectivity index (χ1) is 8.49. The second-order valence-electron chi connectivity index (χ2n) is 3.63. The number of carbonyl (C=O) groups excluding carboxylic acids is 1. The molecule has 0 radical (unpaired) electrons. The van der Waals surface area contributed by atoms with Gasteiger partial charge < -0.3 is 16.0 Å². The largest absolute Gasteiger partial charge is 0.382 e. The van der Waals surface area contributed by atoms with Crippen molar-refractivity contribution in [1.29, 1.82) is 0 Å². The summed E-state index contributed by atoms with van der Waals surface area (Å²) < 4.78 is 0. The van der Waals surface area contributed by atoms with Gasteiger partial charge >= 0.3 is 0 Å². The molecule has 1 amide bonds. The van der Waals surface area contributed by atoms with Gasteiger partial charge in [0.25, 0.3) is 0 Å². The van der Waals surface area contributed by atoms with Crippen LogP contribution >= 0.6 is 23.2 Å². The van der Waals surface area contributed by atoms with Crippen LogP contribution in [0.3, 0.4) is 0 Å². The molecule has 0 atom stereocenters. The van der Waals surface area contributed by atoms with Gasteiger partial charge in [0.2, 0.25) is 5.91 Å². The van der Waals surface area contributed by atoms with E-state index in [4.69, 9.17) is 28.9 Å². The molecule has 0 aliphatic rings. The average Bonchev–Trinajstić information content (AvgIpc) is 2.31. The van der Waals surface area contributed by atoms with Crippen molar-refractivity contribution < 1.29 is 4.79 Å². The highest BCUT2D eigenvalue weighted by Crippen LogP contribution is 2.29. The van der Waals surface area contributed by atoms with E-state index in [0.29, 0.717) is 29.0 Å². The quantitative estimate of drug-likeness (QED) is 0.869. The van der Waals surface area contributed by atoms with Gasteiger partial charge in [-0.1, -0.05) is 23.2 Å². The first kappa shape index (κ1) is 14.9. The molecule has 0 aromatic carbocycles. The molecule has 18 heavy (non-hydrogen) atoms. The number of nitrogens with zero attached hydrogens (tertiary/aromatic N) is 2. The van der Waals surface area contributed by atoms with Crippen LogP contribution in [0.25, 0.3) is 0 Å². The molecule has 7 heteroatoms. The second kappa shape index (κ2) is 6.66. The van der Waals surface area contributed by atoms with Gasteiger partial charge in [0.05, 0.1) is 16.6 Å². The Balaban J connectivity index is 2.95. The third-order valence-corrected chi connectivity index (χ3v) is 2.91. The monoisotopic (exact) mass is 290 g/mol. The van der Waals surface area contributed by atoms with E-state index in [0.717, 1.165) is 0 Å². The summed E-state index contributed by atoms with van der Waals surface area (Å²) in [4.78, 5) is 17.4. The lowest BCUT2D eigenvalue weighted by Crippen LogP contribution is -2.37. The van der Waals surface area contributed by atoms with E-state index in [1.807, 2.05) is 13.8 Å². The number of anilines is 2. The van der Waals surface area contributed by atoms with Crippen LogP contribution in [0, 0.1) is 0 Å². The minimum Gasteiger partial charge on any atom is -0.382 e. The van der Waals surface area contributed by atoms with Gasteiger partial charge in [-0.25, -0.2) is 4.98 Å². The van der Waals surface area contributed by atoms with Crippen LogP contribution < -0.4 is 16.0 Å². The molecule has 0 fully saturated rings.